The number of hydrogen-bond donors (Lipinski definition) is 0. The van der Waals surface area contributed by atoms with Crippen molar-refractivity contribution in [3.63, 3.8) is 0 Å². The summed E-state index contributed by atoms with van der Waals surface area (Å²) in [4.78, 5) is 4.20. The van der Waals surface area contributed by atoms with Crippen LogP contribution in [0.4, 0.5) is 0 Å². The van der Waals surface area contributed by atoms with Crippen molar-refractivity contribution in [2.75, 3.05) is 6.61 Å². The van der Waals surface area contributed by atoms with Gasteiger partial charge in [0.25, 0.3) is 0 Å². The second kappa shape index (κ2) is 5.30. The van der Waals surface area contributed by atoms with Crippen molar-refractivity contribution in [1.29, 1.82) is 0 Å². The van der Waals surface area contributed by atoms with Gasteiger partial charge in [0.1, 0.15) is 0 Å². The van der Waals surface area contributed by atoms with Crippen LogP contribution in [0, 0.1) is 5.92 Å². The number of ether oxygens (including phenoxy) is 1. The highest BCUT2D eigenvalue weighted by Crippen LogP contribution is 2.30. The SMILES string of the molecule is Brc1cnc(OCCC2CCC2)c(Br)c1. The summed E-state index contributed by atoms with van der Waals surface area (Å²) in [6, 6.07) is 1.95. The molecule has 1 aromatic rings. The van der Waals surface area contributed by atoms with Gasteiger partial charge in [0.05, 0.1) is 11.1 Å². The van der Waals surface area contributed by atoms with Crippen LogP contribution in [0.15, 0.2) is 21.2 Å². The minimum Gasteiger partial charge on any atom is -0.477 e. The molecule has 0 aromatic carbocycles. The molecule has 0 amide bonds. The van der Waals surface area contributed by atoms with E-state index in [1.807, 2.05) is 6.07 Å². The zero-order valence-electron chi connectivity index (χ0n) is 8.38. The maximum atomic E-state index is 5.62. The van der Waals surface area contributed by atoms with Crippen LogP contribution in [0.2, 0.25) is 0 Å². The Morgan fingerprint density at radius 1 is 1.40 bits per heavy atom. The van der Waals surface area contributed by atoms with Crippen LogP contribution < -0.4 is 4.74 Å². The Bertz CT molecular complexity index is 339. The minimum atomic E-state index is 0.692. The second-order valence-corrected chi connectivity index (χ2v) is 5.64. The molecule has 0 bridgehead atoms. The van der Waals surface area contributed by atoms with Gasteiger partial charge in [-0.25, -0.2) is 4.98 Å². The summed E-state index contributed by atoms with van der Waals surface area (Å²) in [5.74, 6) is 1.58. The van der Waals surface area contributed by atoms with E-state index in [0.29, 0.717) is 5.88 Å². The van der Waals surface area contributed by atoms with Gasteiger partial charge in [-0.3, -0.25) is 0 Å². The molecule has 0 atom stereocenters. The van der Waals surface area contributed by atoms with Crippen molar-refractivity contribution < 1.29 is 4.74 Å². The average Bonchev–Trinajstić information content (AvgIpc) is 2.12. The molecule has 0 radical (unpaired) electrons. The van der Waals surface area contributed by atoms with Crippen molar-refractivity contribution in [2.24, 2.45) is 5.92 Å². The van der Waals surface area contributed by atoms with Crippen LogP contribution in [0.3, 0.4) is 0 Å². The monoisotopic (exact) mass is 333 g/mol. The van der Waals surface area contributed by atoms with Crippen molar-refractivity contribution in [3.05, 3.63) is 21.2 Å². The first-order chi connectivity index (χ1) is 7.25. The minimum absolute atomic E-state index is 0.692. The Morgan fingerprint density at radius 3 is 2.80 bits per heavy atom. The van der Waals surface area contributed by atoms with Gasteiger partial charge < -0.3 is 4.74 Å². The fraction of sp³-hybridized carbons (Fsp3) is 0.545. The van der Waals surface area contributed by atoms with Crippen LogP contribution in [-0.2, 0) is 0 Å². The van der Waals surface area contributed by atoms with Crippen molar-refractivity contribution in [3.8, 4) is 5.88 Å². The van der Waals surface area contributed by atoms with E-state index in [-0.39, 0.29) is 0 Å². The smallest absolute Gasteiger partial charge is 0.228 e. The third kappa shape index (κ3) is 3.18. The molecule has 0 spiro atoms. The van der Waals surface area contributed by atoms with E-state index in [2.05, 4.69) is 36.8 Å². The van der Waals surface area contributed by atoms with E-state index in [0.717, 1.165) is 27.9 Å². The van der Waals surface area contributed by atoms with Gasteiger partial charge in [0.15, 0.2) is 0 Å². The molecule has 1 fully saturated rings. The summed E-state index contributed by atoms with van der Waals surface area (Å²) in [7, 11) is 0. The predicted octanol–water partition coefficient (Wildman–Crippen LogP) is 4.18. The molecular formula is C11H13Br2NO. The van der Waals surface area contributed by atoms with Gasteiger partial charge in [-0.15, -0.1) is 0 Å². The summed E-state index contributed by atoms with van der Waals surface area (Å²) in [5.41, 5.74) is 0. The molecule has 2 rings (SSSR count). The highest BCUT2D eigenvalue weighted by molar-refractivity contribution is 9.11. The summed E-state index contributed by atoms with van der Waals surface area (Å²) in [6.45, 7) is 0.776. The molecule has 0 saturated heterocycles. The number of nitrogens with zero attached hydrogens (tertiary/aromatic N) is 1. The zero-order valence-corrected chi connectivity index (χ0v) is 11.6. The Kier molecular flexibility index (Phi) is 4.03. The van der Waals surface area contributed by atoms with E-state index >= 15 is 0 Å². The lowest BCUT2D eigenvalue weighted by Gasteiger charge is -2.24. The molecule has 0 N–H and O–H groups in total. The van der Waals surface area contributed by atoms with Gasteiger partial charge in [-0.1, -0.05) is 19.3 Å². The van der Waals surface area contributed by atoms with Crippen molar-refractivity contribution in [2.45, 2.75) is 25.7 Å². The van der Waals surface area contributed by atoms with E-state index in [1.165, 1.54) is 19.3 Å². The standard InChI is InChI=1S/C11H13Br2NO/c12-9-6-10(13)11(14-7-9)15-5-4-8-2-1-3-8/h6-8H,1-5H2. The molecule has 1 aromatic heterocycles. The largest absolute Gasteiger partial charge is 0.477 e. The lowest BCUT2D eigenvalue weighted by Crippen LogP contribution is -2.14. The van der Waals surface area contributed by atoms with Gasteiger partial charge in [-0.05, 0) is 50.3 Å². The molecule has 1 aliphatic rings. The Hall–Kier alpha value is -0.0900. The molecule has 0 unspecified atom stereocenters. The van der Waals surface area contributed by atoms with E-state index in [4.69, 9.17) is 4.74 Å². The van der Waals surface area contributed by atoms with Crippen molar-refractivity contribution >= 4 is 31.9 Å². The Balaban J connectivity index is 1.81. The highest BCUT2D eigenvalue weighted by atomic mass is 79.9. The van der Waals surface area contributed by atoms with E-state index in [9.17, 15) is 0 Å². The van der Waals surface area contributed by atoms with Gasteiger partial charge in [-0.2, -0.15) is 0 Å². The molecule has 0 aliphatic heterocycles. The van der Waals surface area contributed by atoms with Crippen LogP contribution in [-0.4, -0.2) is 11.6 Å². The summed E-state index contributed by atoms with van der Waals surface area (Å²) in [6.07, 6.45) is 7.05. The quantitative estimate of drug-likeness (QED) is 0.824. The molecular weight excluding hydrogens is 322 g/mol. The van der Waals surface area contributed by atoms with Crippen LogP contribution >= 0.6 is 31.9 Å². The molecule has 2 nitrogen and oxygen atoms in total. The summed E-state index contributed by atoms with van der Waals surface area (Å²) in [5, 5.41) is 0. The maximum Gasteiger partial charge on any atom is 0.228 e. The number of rotatable bonds is 4. The number of aromatic nitrogens is 1. The molecule has 15 heavy (non-hydrogen) atoms. The molecule has 1 aliphatic carbocycles. The average molecular weight is 335 g/mol. The van der Waals surface area contributed by atoms with Crippen LogP contribution in [0.25, 0.3) is 0 Å². The topological polar surface area (TPSA) is 22.1 Å². The van der Waals surface area contributed by atoms with Crippen molar-refractivity contribution in [1.82, 2.24) is 4.98 Å². The van der Waals surface area contributed by atoms with Gasteiger partial charge in [0.2, 0.25) is 5.88 Å². The zero-order chi connectivity index (χ0) is 10.7. The summed E-state index contributed by atoms with van der Waals surface area (Å²) >= 11 is 6.79. The first kappa shape index (κ1) is 11.4. The molecule has 1 saturated carbocycles. The number of hydrogen-bond acceptors (Lipinski definition) is 2. The predicted molar refractivity (Wildman–Crippen MR) is 67.1 cm³/mol. The molecule has 1 heterocycles. The molecule has 4 heteroatoms. The first-order valence-corrected chi connectivity index (χ1v) is 6.78. The first-order valence-electron chi connectivity index (χ1n) is 5.19. The van der Waals surface area contributed by atoms with E-state index in [1.54, 1.807) is 6.20 Å². The maximum absolute atomic E-state index is 5.62. The number of halogens is 2. The normalized spacial score (nSPS) is 16.1. The second-order valence-electron chi connectivity index (χ2n) is 3.87. The molecule has 82 valence electrons. The Labute approximate surface area is 107 Å². The fourth-order valence-electron chi connectivity index (χ4n) is 1.61. The third-order valence-corrected chi connectivity index (χ3v) is 3.77. The lowest BCUT2D eigenvalue weighted by atomic mass is 9.83. The fourth-order valence-corrected chi connectivity index (χ4v) is 2.71. The van der Waals surface area contributed by atoms with Crippen LogP contribution in [0.5, 0.6) is 5.88 Å². The third-order valence-electron chi connectivity index (χ3n) is 2.76. The number of pyridine rings is 1. The summed E-state index contributed by atoms with van der Waals surface area (Å²) < 4.78 is 7.49. The van der Waals surface area contributed by atoms with E-state index < -0.39 is 0 Å². The van der Waals surface area contributed by atoms with Crippen LogP contribution in [0.1, 0.15) is 25.7 Å². The highest BCUT2D eigenvalue weighted by Gasteiger charge is 2.17. The van der Waals surface area contributed by atoms with Gasteiger partial charge >= 0.3 is 0 Å². The Morgan fingerprint density at radius 2 is 2.20 bits per heavy atom. The lowest BCUT2D eigenvalue weighted by molar-refractivity contribution is 0.216. The van der Waals surface area contributed by atoms with Gasteiger partial charge in [0, 0.05) is 10.7 Å².